The van der Waals surface area contributed by atoms with Crippen LogP contribution in [-0.4, -0.2) is 11.9 Å². The van der Waals surface area contributed by atoms with E-state index in [9.17, 15) is 4.79 Å². The molecule has 0 saturated carbocycles. The molecule has 0 unspecified atom stereocenters. The molecule has 0 aromatic heterocycles. The number of halogens is 1. The first-order valence-corrected chi connectivity index (χ1v) is 5.73. The largest absolute Gasteiger partial charge is 0.350 e. The van der Waals surface area contributed by atoms with Gasteiger partial charge in [-0.05, 0) is 37.1 Å². The van der Waals surface area contributed by atoms with Crippen molar-refractivity contribution in [2.75, 3.05) is 0 Å². The monoisotopic (exact) mass is 237 g/mol. The molecule has 3 heteroatoms. The summed E-state index contributed by atoms with van der Waals surface area (Å²) in [6.07, 6.45) is 4.24. The molecule has 0 bridgehead atoms. The van der Waals surface area contributed by atoms with E-state index in [0.29, 0.717) is 5.02 Å². The van der Waals surface area contributed by atoms with Crippen LogP contribution in [0.1, 0.15) is 25.8 Å². The molecule has 0 aliphatic carbocycles. The van der Waals surface area contributed by atoms with Crippen molar-refractivity contribution in [2.45, 2.75) is 26.3 Å². The predicted molar refractivity (Wildman–Crippen MR) is 68.4 cm³/mol. The maximum atomic E-state index is 11.4. The number of carbonyl (C=O) groups excluding carboxylic acids is 1. The van der Waals surface area contributed by atoms with Crippen LogP contribution in [0.5, 0.6) is 0 Å². The number of hydrogen-bond acceptors (Lipinski definition) is 1. The molecule has 0 radical (unpaired) electrons. The van der Waals surface area contributed by atoms with Crippen LogP contribution < -0.4 is 5.32 Å². The van der Waals surface area contributed by atoms with Crippen molar-refractivity contribution < 1.29 is 4.79 Å². The number of benzene rings is 1. The number of amides is 1. The van der Waals surface area contributed by atoms with Crippen LogP contribution in [0.15, 0.2) is 30.3 Å². The molecular weight excluding hydrogens is 222 g/mol. The van der Waals surface area contributed by atoms with Gasteiger partial charge in [-0.25, -0.2) is 0 Å². The van der Waals surface area contributed by atoms with Crippen LogP contribution >= 0.6 is 11.6 Å². The number of nitrogens with one attached hydrogen (secondary N) is 1. The third-order valence-electron chi connectivity index (χ3n) is 2.30. The molecule has 2 nitrogen and oxygen atoms in total. The van der Waals surface area contributed by atoms with Gasteiger partial charge in [0.15, 0.2) is 0 Å². The average Bonchev–Trinajstić information content (AvgIpc) is 2.28. The maximum Gasteiger partial charge on any atom is 0.244 e. The van der Waals surface area contributed by atoms with E-state index in [1.54, 1.807) is 18.2 Å². The number of carbonyl (C=O) groups is 1. The van der Waals surface area contributed by atoms with E-state index < -0.39 is 0 Å². The van der Waals surface area contributed by atoms with Crippen molar-refractivity contribution in [1.29, 1.82) is 0 Å². The Bertz CT molecular complexity index is 370. The third-order valence-corrected chi connectivity index (χ3v) is 2.55. The smallest absolute Gasteiger partial charge is 0.244 e. The Morgan fingerprint density at radius 3 is 2.62 bits per heavy atom. The second kappa shape index (κ2) is 6.33. The van der Waals surface area contributed by atoms with Crippen molar-refractivity contribution in [3.05, 3.63) is 40.9 Å². The highest BCUT2D eigenvalue weighted by Gasteiger charge is 2.00. The van der Waals surface area contributed by atoms with E-state index >= 15 is 0 Å². The second-order valence-electron chi connectivity index (χ2n) is 3.70. The van der Waals surface area contributed by atoms with E-state index in [0.717, 1.165) is 12.0 Å². The third kappa shape index (κ3) is 4.49. The fraction of sp³-hybridized carbons (Fsp3) is 0.308. The highest BCUT2D eigenvalue weighted by molar-refractivity contribution is 6.30. The van der Waals surface area contributed by atoms with Gasteiger partial charge in [0, 0.05) is 17.1 Å². The Morgan fingerprint density at radius 1 is 1.44 bits per heavy atom. The van der Waals surface area contributed by atoms with E-state index in [1.165, 1.54) is 6.08 Å². The quantitative estimate of drug-likeness (QED) is 0.801. The Kier molecular flexibility index (Phi) is 5.06. The minimum absolute atomic E-state index is 0.0655. The molecular formula is C13H16ClNO. The zero-order chi connectivity index (χ0) is 12.0. The predicted octanol–water partition coefficient (Wildman–Crippen LogP) is 3.27. The van der Waals surface area contributed by atoms with Gasteiger partial charge >= 0.3 is 0 Å². The Labute approximate surface area is 101 Å². The van der Waals surface area contributed by atoms with Crippen molar-refractivity contribution in [3.8, 4) is 0 Å². The molecule has 16 heavy (non-hydrogen) atoms. The van der Waals surface area contributed by atoms with Crippen molar-refractivity contribution in [1.82, 2.24) is 5.32 Å². The summed E-state index contributed by atoms with van der Waals surface area (Å²) in [5.41, 5.74) is 0.962. The summed E-state index contributed by atoms with van der Waals surface area (Å²) in [5.74, 6) is -0.0655. The molecule has 0 aliphatic heterocycles. The summed E-state index contributed by atoms with van der Waals surface area (Å²) in [5, 5.41) is 3.55. The lowest BCUT2D eigenvalue weighted by Crippen LogP contribution is -2.30. The van der Waals surface area contributed by atoms with E-state index in [-0.39, 0.29) is 11.9 Å². The first-order valence-electron chi connectivity index (χ1n) is 5.36. The standard InChI is InChI=1S/C13H16ClNO/c1-3-10(2)15-13(16)9-6-11-4-7-12(14)8-5-11/h4-10H,3H2,1-2H3,(H,15,16)/b9-6+/t10-/m0/s1. The first kappa shape index (κ1) is 12.8. The van der Waals surface area contributed by atoms with E-state index in [2.05, 4.69) is 5.32 Å². The zero-order valence-electron chi connectivity index (χ0n) is 9.53. The fourth-order valence-corrected chi connectivity index (χ4v) is 1.26. The number of rotatable bonds is 4. The van der Waals surface area contributed by atoms with Crippen LogP contribution in [0.4, 0.5) is 0 Å². The molecule has 1 aromatic rings. The highest BCUT2D eigenvalue weighted by Crippen LogP contribution is 2.10. The Balaban J connectivity index is 2.53. The summed E-state index contributed by atoms with van der Waals surface area (Å²) in [6.45, 7) is 4.02. The first-order chi connectivity index (χ1) is 7.61. The molecule has 0 saturated heterocycles. The van der Waals surface area contributed by atoms with Gasteiger partial charge in [-0.3, -0.25) is 4.79 Å². The van der Waals surface area contributed by atoms with Gasteiger partial charge in [-0.1, -0.05) is 30.7 Å². The normalized spacial score (nSPS) is 12.7. The van der Waals surface area contributed by atoms with Crippen LogP contribution in [0, 0.1) is 0 Å². The van der Waals surface area contributed by atoms with Gasteiger partial charge in [0.05, 0.1) is 0 Å². The fourth-order valence-electron chi connectivity index (χ4n) is 1.14. The lowest BCUT2D eigenvalue weighted by Gasteiger charge is -2.08. The number of hydrogen-bond donors (Lipinski definition) is 1. The van der Waals surface area contributed by atoms with Gasteiger partial charge in [0.2, 0.25) is 5.91 Å². The molecule has 0 aliphatic rings. The highest BCUT2D eigenvalue weighted by atomic mass is 35.5. The van der Waals surface area contributed by atoms with Crippen LogP contribution in [-0.2, 0) is 4.79 Å². The molecule has 1 rings (SSSR count). The van der Waals surface area contributed by atoms with Crippen LogP contribution in [0.25, 0.3) is 6.08 Å². The van der Waals surface area contributed by atoms with Gasteiger partial charge in [0.25, 0.3) is 0 Å². The van der Waals surface area contributed by atoms with E-state index in [4.69, 9.17) is 11.6 Å². The lowest BCUT2D eigenvalue weighted by atomic mass is 10.2. The summed E-state index contributed by atoms with van der Waals surface area (Å²) in [6, 6.07) is 7.55. The molecule has 86 valence electrons. The zero-order valence-corrected chi connectivity index (χ0v) is 10.3. The van der Waals surface area contributed by atoms with E-state index in [1.807, 2.05) is 26.0 Å². The SMILES string of the molecule is CC[C@H](C)NC(=O)/C=C/c1ccc(Cl)cc1. The Morgan fingerprint density at radius 2 is 2.06 bits per heavy atom. The Hall–Kier alpha value is -1.28. The molecule has 0 heterocycles. The topological polar surface area (TPSA) is 29.1 Å². The second-order valence-corrected chi connectivity index (χ2v) is 4.14. The minimum atomic E-state index is -0.0655. The summed E-state index contributed by atoms with van der Waals surface area (Å²) < 4.78 is 0. The van der Waals surface area contributed by atoms with Crippen molar-refractivity contribution in [2.24, 2.45) is 0 Å². The van der Waals surface area contributed by atoms with Crippen molar-refractivity contribution in [3.63, 3.8) is 0 Å². The van der Waals surface area contributed by atoms with Gasteiger partial charge < -0.3 is 5.32 Å². The summed E-state index contributed by atoms with van der Waals surface area (Å²) in [4.78, 5) is 11.4. The molecule has 1 amide bonds. The molecule has 1 atom stereocenters. The molecule has 0 spiro atoms. The van der Waals surface area contributed by atoms with Gasteiger partial charge in [-0.2, -0.15) is 0 Å². The van der Waals surface area contributed by atoms with Crippen molar-refractivity contribution >= 4 is 23.6 Å². The lowest BCUT2D eigenvalue weighted by molar-refractivity contribution is -0.117. The van der Waals surface area contributed by atoms with Gasteiger partial charge in [0.1, 0.15) is 0 Å². The maximum absolute atomic E-state index is 11.4. The summed E-state index contributed by atoms with van der Waals surface area (Å²) >= 11 is 5.76. The summed E-state index contributed by atoms with van der Waals surface area (Å²) in [7, 11) is 0. The molecule has 0 fully saturated rings. The van der Waals surface area contributed by atoms with Crippen LogP contribution in [0.2, 0.25) is 5.02 Å². The van der Waals surface area contributed by atoms with Crippen LogP contribution in [0.3, 0.4) is 0 Å². The molecule has 1 aromatic carbocycles. The molecule has 1 N–H and O–H groups in total. The average molecular weight is 238 g/mol. The minimum Gasteiger partial charge on any atom is -0.350 e. The van der Waals surface area contributed by atoms with Gasteiger partial charge in [-0.15, -0.1) is 0 Å².